The van der Waals surface area contributed by atoms with Gasteiger partial charge in [0.1, 0.15) is 12.6 Å². The molecule has 0 unspecified atom stereocenters. The number of hydrogen-bond donors (Lipinski definition) is 3. The number of carbonyl (C=O) groups is 3. The molecule has 0 aliphatic carbocycles. The summed E-state index contributed by atoms with van der Waals surface area (Å²) in [6.45, 7) is 0.0771. The van der Waals surface area contributed by atoms with Gasteiger partial charge in [-0.1, -0.05) is 36.4 Å². The van der Waals surface area contributed by atoms with Crippen molar-refractivity contribution < 1.29 is 19.1 Å². The van der Waals surface area contributed by atoms with Crippen LogP contribution < -0.4 is 16.4 Å². The number of amides is 3. The van der Waals surface area contributed by atoms with Crippen molar-refractivity contribution in [3.05, 3.63) is 63.7 Å². The summed E-state index contributed by atoms with van der Waals surface area (Å²) in [5, 5.41) is 5.21. The molecule has 0 aliphatic rings. The highest BCUT2D eigenvalue weighted by molar-refractivity contribution is 14.1. The number of alkyl carbamates (subject to hydrolysis) is 1. The molecule has 2 rings (SSSR count). The van der Waals surface area contributed by atoms with Gasteiger partial charge in [0.2, 0.25) is 11.8 Å². The minimum atomic E-state index is -0.946. The van der Waals surface area contributed by atoms with Crippen molar-refractivity contribution >= 4 is 46.2 Å². The Hall–Kier alpha value is -2.62. The summed E-state index contributed by atoms with van der Waals surface area (Å²) in [4.78, 5) is 35.6. The number of hydrogen-bond acceptors (Lipinski definition) is 4. The van der Waals surface area contributed by atoms with Crippen LogP contribution in [-0.2, 0) is 20.9 Å². The lowest BCUT2D eigenvalue weighted by Crippen LogP contribution is -2.44. The molecule has 0 spiro atoms. The Labute approximate surface area is 170 Å². The molecule has 27 heavy (non-hydrogen) atoms. The van der Waals surface area contributed by atoms with Gasteiger partial charge < -0.3 is 21.1 Å². The normalized spacial score (nSPS) is 11.3. The maximum atomic E-state index is 12.5. The van der Waals surface area contributed by atoms with Crippen molar-refractivity contribution in [1.29, 1.82) is 0 Å². The molecule has 7 nitrogen and oxygen atoms in total. The molecule has 0 aliphatic heterocycles. The first-order chi connectivity index (χ1) is 12.9. The van der Waals surface area contributed by atoms with Gasteiger partial charge in [-0.15, -0.1) is 0 Å². The maximum Gasteiger partial charge on any atom is 0.408 e. The average molecular weight is 481 g/mol. The number of carbonyl (C=O) groups excluding carboxylic acids is 3. The summed E-state index contributed by atoms with van der Waals surface area (Å²) >= 11 is 2.13. The van der Waals surface area contributed by atoms with E-state index in [1.807, 2.05) is 36.4 Å². The minimum absolute atomic E-state index is 0.0383. The fourth-order valence-electron chi connectivity index (χ4n) is 2.26. The van der Waals surface area contributed by atoms with E-state index < -0.39 is 23.9 Å². The lowest BCUT2D eigenvalue weighted by Gasteiger charge is -2.18. The molecule has 0 radical (unpaired) electrons. The van der Waals surface area contributed by atoms with Crippen molar-refractivity contribution in [3.63, 3.8) is 0 Å². The number of nitrogens with one attached hydrogen (secondary N) is 2. The topological polar surface area (TPSA) is 111 Å². The zero-order valence-electron chi connectivity index (χ0n) is 14.5. The Balaban J connectivity index is 1.96. The molecule has 0 saturated heterocycles. The fourth-order valence-corrected chi connectivity index (χ4v) is 2.80. The highest BCUT2D eigenvalue weighted by Gasteiger charge is 2.22. The number of nitrogens with two attached hydrogens (primary N) is 1. The van der Waals surface area contributed by atoms with Crippen LogP contribution in [0.4, 0.5) is 10.5 Å². The van der Waals surface area contributed by atoms with Crippen LogP contribution in [0.1, 0.15) is 18.4 Å². The number of benzene rings is 2. The SMILES string of the molecule is NC(=O)CC[C@H](NC(=O)OCc1ccccc1)C(=O)Nc1cccc(I)c1. The van der Waals surface area contributed by atoms with Crippen LogP contribution in [0, 0.1) is 3.57 Å². The molecule has 4 N–H and O–H groups in total. The van der Waals surface area contributed by atoms with E-state index in [9.17, 15) is 14.4 Å². The lowest BCUT2D eigenvalue weighted by atomic mass is 10.1. The van der Waals surface area contributed by atoms with Crippen LogP contribution in [0.15, 0.2) is 54.6 Å². The number of halogens is 1. The summed E-state index contributed by atoms with van der Waals surface area (Å²) < 4.78 is 6.09. The van der Waals surface area contributed by atoms with E-state index in [0.717, 1.165) is 9.13 Å². The molecular formula is C19H20IN3O4. The summed E-state index contributed by atoms with van der Waals surface area (Å²) in [5.74, 6) is -1.00. The predicted molar refractivity (Wildman–Crippen MR) is 110 cm³/mol. The van der Waals surface area contributed by atoms with Gasteiger partial charge in [0.15, 0.2) is 0 Å². The second kappa shape index (κ2) is 10.5. The summed E-state index contributed by atoms with van der Waals surface area (Å²) in [7, 11) is 0. The fraction of sp³-hybridized carbons (Fsp3) is 0.211. The molecule has 1 atom stereocenters. The van der Waals surface area contributed by atoms with Crippen molar-refractivity contribution in [1.82, 2.24) is 5.32 Å². The molecule has 3 amide bonds. The van der Waals surface area contributed by atoms with Gasteiger partial charge in [-0.3, -0.25) is 9.59 Å². The van der Waals surface area contributed by atoms with Gasteiger partial charge in [-0.05, 0) is 52.8 Å². The van der Waals surface area contributed by atoms with Gasteiger partial charge in [-0.2, -0.15) is 0 Å². The third-order valence-electron chi connectivity index (χ3n) is 3.59. The zero-order valence-corrected chi connectivity index (χ0v) is 16.6. The largest absolute Gasteiger partial charge is 0.445 e. The first-order valence-corrected chi connectivity index (χ1v) is 9.34. The van der Waals surface area contributed by atoms with Gasteiger partial charge >= 0.3 is 6.09 Å². The molecule has 2 aromatic carbocycles. The number of primary amides is 1. The van der Waals surface area contributed by atoms with E-state index in [2.05, 4.69) is 33.2 Å². The van der Waals surface area contributed by atoms with E-state index in [1.54, 1.807) is 18.2 Å². The van der Waals surface area contributed by atoms with Crippen LogP contribution in [0.5, 0.6) is 0 Å². The van der Waals surface area contributed by atoms with Crippen molar-refractivity contribution in [2.75, 3.05) is 5.32 Å². The Morgan fingerprint density at radius 1 is 1.07 bits per heavy atom. The van der Waals surface area contributed by atoms with Gasteiger partial charge in [0.25, 0.3) is 0 Å². The van der Waals surface area contributed by atoms with E-state index in [4.69, 9.17) is 10.5 Å². The first kappa shape index (κ1) is 20.7. The molecule has 2 aromatic rings. The highest BCUT2D eigenvalue weighted by Crippen LogP contribution is 2.13. The molecule has 142 valence electrons. The van der Waals surface area contributed by atoms with Crippen LogP contribution in [0.2, 0.25) is 0 Å². The summed E-state index contributed by atoms with van der Waals surface area (Å²) in [6, 6.07) is 15.4. The van der Waals surface area contributed by atoms with E-state index in [1.165, 1.54) is 0 Å². The molecule has 0 saturated carbocycles. The van der Waals surface area contributed by atoms with Crippen LogP contribution in [-0.4, -0.2) is 23.9 Å². The monoisotopic (exact) mass is 481 g/mol. The minimum Gasteiger partial charge on any atom is -0.445 e. The second-order valence-corrected chi connectivity index (χ2v) is 7.01. The predicted octanol–water partition coefficient (Wildman–Crippen LogP) is 2.79. The Kier molecular flexibility index (Phi) is 8.05. The molecular weight excluding hydrogens is 461 g/mol. The average Bonchev–Trinajstić information content (AvgIpc) is 2.64. The quantitative estimate of drug-likeness (QED) is 0.504. The number of rotatable bonds is 8. The maximum absolute atomic E-state index is 12.5. The van der Waals surface area contributed by atoms with E-state index in [0.29, 0.717) is 5.69 Å². The summed E-state index contributed by atoms with van der Waals surface area (Å²) in [6.07, 6.45) is -0.708. The summed E-state index contributed by atoms with van der Waals surface area (Å²) in [5.41, 5.74) is 6.58. The Morgan fingerprint density at radius 3 is 2.48 bits per heavy atom. The molecule has 8 heteroatoms. The molecule has 0 fully saturated rings. The van der Waals surface area contributed by atoms with E-state index in [-0.39, 0.29) is 19.4 Å². The lowest BCUT2D eigenvalue weighted by molar-refractivity contribution is -0.119. The third kappa shape index (κ3) is 7.65. The van der Waals surface area contributed by atoms with Gasteiger partial charge in [0, 0.05) is 15.7 Å². The smallest absolute Gasteiger partial charge is 0.408 e. The van der Waals surface area contributed by atoms with Crippen molar-refractivity contribution in [2.45, 2.75) is 25.5 Å². The number of anilines is 1. The third-order valence-corrected chi connectivity index (χ3v) is 4.26. The number of ether oxygens (including phenoxy) is 1. The Bertz CT molecular complexity index is 799. The van der Waals surface area contributed by atoms with Crippen LogP contribution in [0.3, 0.4) is 0 Å². The molecule has 0 aromatic heterocycles. The van der Waals surface area contributed by atoms with E-state index >= 15 is 0 Å². The first-order valence-electron chi connectivity index (χ1n) is 8.26. The highest BCUT2D eigenvalue weighted by atomic mass is 127. The zero-order chi connectivity index (χ0) is 19.6. The molecule has 0 bridgehead atoms. The van der Waals surface area contributed by atoms with Crippen LogP contribution in [0.25, 0.3) is 0 Å². The second-order valence-electron chi connectivity index (χ2n) is 5.76. The Morgan fingerprint density at radius 2 is 1.81 bits per heavy atom. The van der Waals surface area contributed by atoms with Gasteiger partial charge in [-0.25, -0.2) is 4.79 Å². The molecule has 0 heterocycles. The van der Waals surface area contributed by atoms with Crippen molar-refractivity contribution in [3.8, 4) is 0 Å². The standard InChI is InChI=1S/C19H20IN3O4/c20-14-7-4-8-15(11-14)22-18(25)16(9-10-17(21)24)23-19(26)27-12-13-5-2-1-3-6-13/h1-8,11,16H,9-10,12H2,(H2,21,24)(H,22,25)(H,23,26)/t16-/m0/s1. The van der Waals surface area contributed by atoms with Crippen LogP contribution >= 0.6 is 22.6 Å². The van der Waals surface area contributed by atoms with Gasteiger partial charge in [0.05, 0.1) is 0 Å². The van der Waals surface area contributed by atoms with Crippen molar-refractivity contribution in [2.24, 2.45) is 5.73 Å².